The second-order valence-electron chi connectivity index (χ2n) is 4.00. The van der Waals surface area contributed by atoms with E-state index >= 15 is 0 Å². The topological polar surface area (TPSA) is 60.2 Å². The van der Waals surface area contributed by atoms with Crippen molar-refractivity contribution >= 4 is 5.82 Å². The molecule has 1 aromatic heterocycles. The van der Waals surface area contributed by atoms with E-state index in [0.29, 0.717) is 6.61 Å². The van der Waals surface area contributed by atoms with Crippen LogP contribution < -0.4 is 11.1 Å². The van der Waals surface area contributed by atoms with Crippen LogP contribution in [0.15, 0.2) is 12.3 Å². The number of hydrogen-bond acceptors (Lipinski definition) is 4. The summed E-state index contributed by atoms with van der Waals surface area (Å²) < 4.78 is 5.35. The van der Waals surface area contributed by atoms with Gasteiger partial charge in [0.1, 0.15) is 5.82 Å². The number of nitrogens with zero attached hydrogens (tertiary/aromatic N) is 1. The summed E-state index contributed by atoms with van der Waals surface area (Å²) in [6.07, 6.45) is 2.86. The van der Waals surface area contributed by atoms with Crippen molar-refractivity contribution in [3.8, 4) is 0 Å². The fourth-order valence-electron chi connectivity index (χ4n) is 1.61. The third kappa shape index (κ3) is 2.67. The van der Waals surface area contributed by atoms with Gasteiger partial charge in [-0.3, -0.25) is 0 Å². The molecule has 0 saturated heterocycles. The molecule has 1 aliphatic heterocycles. The van der Waals surface area contributed by atoms with Gasteiger partial charge in [0.05, 0.1) is 13.2 Å². The van der Waals surface area contributed by atoms with E-state index in [2.05, 4.69) is 16.4 Å². The van der Waals surface area contributed by atoms with Crippen molar-refractivity contribution in [1.82, 2.24) is 4.98 Å². The number of pyridine rings is 1. The summed E-state index contributed by atoms with van der Waals surface area (Å²) in [4.78, 5) is 4.32. The maximum absolute atomic E-state index is 5.67. The van der Waals surface area contributed by atoms with E-state index in [-0.39, 0.29) is 6.04 Å². The van der Waals surface area contributed by atoms with Gasteiger partial charge in [-0.05, 0) is 30.5 Å². The van der Waals surface area contributed by atoms with Gasteiger partial charge in [0, 0.05) is 18.8 Å². The molecule has 82 valence electrons. The number of ether oxygens (including phenoxy) is 1. The molecule has 2 heterocycles. The highest BCUT2D eigenvalue weighted by Crippen LogP contribution is 2.18. The molecular weight excluding hydrogens is 190 g/mol. The van der Waals surface area contributed by atoms with Gasteiger partial charge in [0.15, 0.2) is 0 Å². The molecule has 1 aliphatic rings. The summed E-state index contributed by atoms with van der Waals surface area (Å²) in [5.41, 5.74) is 8.21. The molecule has 0 spiro atoms. The van der Waals surface area contributed by atoms with E-state index in [4.69, 9.17) is 10.5 Å². The van der Waals surface area contributed by atoms with Crippen LogP contribution in [0.25, 0.3) is 0 Å². The summed E-state index contributed by atoms with van der Waals surface area (Å²) in [5, 5.41) is 3.22. The second-order valence-corrected chi connectivity index (χ2v) is 4.00. The number of nitrogens with two attached hydrogens (primary N) is 1. The van der Waals surface area contributed by atoms with Crippen molar-refractivity contribution in [3.63, 3.8) is 0 Å². The first-order valence-electron chi connectivity index (χ1n) is 5.30. The van der Waals surface area contributed by atoms with E-state index in [1.165, 1.54) is 11.1 Å². The van der Waals surface area contributed by atoms with Gasteiger partial charge in [-0.1, -0.05) is 0 Å². The zero-order chi connectivity index (χ0) is 10.7. The lowest BCUT2D eigenvalue weighted by Gasteiger charge is -2.17. The van der Waals surface area contributed by atoms with E-state index in [1.54, 1.807) is 0 Å². The van der Waals surface area contributed by atoms with Gasteiger partial charge in [-0.15, -0.1) is 0 Å². The third-order valence-electron chi connectivity index (χ3n) is 2.46. The van der Waals surface area contributed by atoms with Crippen molar-refractivity contribution in [2.75, 3.05) is 18.5 Å². The highest BCUT2D eigenvalue weighted by Gasteiger charge is 2.10. The molecule has 1 atom stereocenters. The summed E-state index contributed by atoms with van der Waals surface area (Å²) in [5.74, 6) is 0.910. The molecule has 0 saturated carbocycles. The molecule has 4 nitrogen and oxygen atoms in total. The normalized spacial score (nSPS) is 16.9. The molecule has 1 aromatic rings. The fourth-order valence-corrected chi connectivity index (χ4v) is 1.61. The quantitative estimate of drug-likeness (QED) is 0.773. The van der Waals surface area contributed by atoms with Crippen LogP contribution in [0.4, 0.5) is 5.82 Å². The first-order chi connectivity index (χ1) is 7.25. The van der Waals surface area contributed by atoms with Gasteiger partial charge in [-0.25, -0.2) is 4.98 Å². The van der Waals surface area contributed by atoms with Gasteiger partial charge < -0.3 is 15.8 Å². The molecule has 0 aliphatic carbocycles. The lowest BCUT2D eigenvalue weighted by Crippen LogP contribution is -2.25. The highest BCUT2D eigenvalue weighted by molar-refractivity contribution is 5.41. The molecular formula is C11H17N3O. The molecule has 2 rings (SSSR count). The molecule has 0 aromatic carbocycles. The third-order valence-corrected chi connectivity index (χ3v) is 2.46. The Labute approximate surface area is 89.8 Å². The number of hydrogen-bond donors (Lipinski definition) is 2. The van der Waals surface area contributed by atoms with Crippen LogP contribution >= 0.6 is 0 Å². The number of anilines is 1. The van der Waals surface area contributed by atoms with Crippen molar-refractivity contribution in [1.29, 1.82) is 0 Å². The summed E-state index contributed by atoms with van der Waals surface area (Å²) in [7, 11) is 0. The fraction of sp³-hybridized carbons (Fsp3) is 0.545. The molecule has 0 amide bonds. The van der Waals surface area contributed by atoms with E-state index < -0.39 is 0 Å². The molecule has 0 bridgehead atoms. The summed E-state index contributed by atoms with van der Waals surface area (Å²) in [6, 6.07) is 2.24. The van der Waals surface area contributed by atoms with Crippen LogP contribution in [0.1, 0.15) is 18.1 Å². The predicted molar refractivity (Wildman–Crippen MR) is 59.7 cm³/mol. The summed E-state index contributed by atoms with van der Waals surface area (Å²) in [6.45, 7) is 4.22. The monoisotopic (exact) mass is 207 g/mol. The average molecular weight is 207 g/mol. The average Bonchev–Trinajstić information content (AvgIpc) is 2.26. The minimum absolute atomic E-state index is 0.145. The highest BCUT2D eigenvalue weighted by atomic mass is 16.5. The Balaban J connectivity index is 2.07. The Morgan fingerprint density at radius 3 is 3.27 bits per heavy atom. The van der Waals surface area contributed by atoms with Crippen LogP contribution in [0.3, 0.4) is 0 Å². The van der Waals surface area contributed by atoms with Crippen LogP contribution in [0.2, 0.25) is 0 Å². The maximum Gasteiger partial charge on any atom is 0.126 e. The first-order valence-corrected chi connectivity index (χ1v) is 5.30. The zero-order valence-electron chi connectivity index (χ0n) is 8.99. The lowest BCUT2D eigenvalue weighted by atomic mass is 10.1. The number of rotatable bonds is 3. The Morgan fingerprint density at radius 1 is 1.60 bits per heavy atom. The molecule has 15 heavy (non-hydrogen) atoms. The van der Waals surface area contributed by atoms with E-state index in [0.717, 1.165) is 25.4 Å². The van der Waals surface area contributed by atoms with Crippen molar-refractivity contribution < 1.29 is 4.74 Å². The van der Waals surface area contributed by atoms with Gasteiger partial charge in [0.25, 0.3) is 0 Å². The number of aromatic nitrogens is 1. The predicted octanol–water partition coefficient (Wildman–Crippen LogP) is 0.913. The first kappa shape index (κ1) is 10.4. The maximum atomic E-state index is 5.67. The van der Waals surface area contributed by atoms with Crippen LogP contribution in [0, 0.1) is 0 Å². The van der Waals surface area contributed by atoms with E-state index in [1.807, 2.05) is 13.1 Å². The Hall–Kier alpha value is -1.13. The van der Waals surface area contributed by atoms with Crippen molar-refractivity contribution in [2.24, 2.45) is 5.73 Å². The van der Waals surface area contributed by atoms with Gasteiger partial charge in [-0.2, -0.15) is 0 Å². The lowest BCUT2D eigenvalue weighted by molar-refractivity contribution is 0.110. The van der Waals surface area contributed by atoms with Crippen LogP contribution in [-0.2, 0) is 17.8 Å². The number of nitrogens with one attached hydrogen (secondary N) is 1. The Morgan fingerprint density at radius 2 is 2.47 bits per heavy atom. The van der Waals surface area contributed by atoms with Gasteiger partial charge in [0.2, 0.25) is 0 Å². The molecule has 1 unspecified atom stereocenters. The van der Waals surface area contributed by atoms with Crippen molar-refractivity contribution in [2.45, 2.75) is 26.0 Å². The largest absolute Gasteiger partial charge is 0.376 e. The van der Waals surface area contributed by atoms with Gasteiger partial charge >= 0.3 is 0 Å². The Bertz CT molecular complexity index is 339. The van der Waals surface area contributed by atoms with E-state index in [9.17, 15) is 0 Å². The van der Waals surface area contributed by atoms with Crippen LogP contribution in [0.5, 0.6) is 0 Å². The molecule has 0 fully saturated rings. The standard InChI is InChI=1S/C11H17N3O/c1-8(12)5-13-11-4-9-2-3-15-7-10(9)6-14-11/h4,6,8H,2-3,5,7,12H2,1H3,(H,13,14). The van der Waals surface area contributed by atoms with Crippen LogP contribution in [-0.4, -0.2) is 24.2 Å². The summed E-state index contributed by atoms with van der Waals surface area (Å²) >= 11 is 0. The molecule has 3 N–H and O–H groups in total. The Kier molecular flexibility index (Phi) is 3.18. The number of fused-ring (bicyclic) bond motifs is 1. The minimum atomic E-state index is 0.145. The SMILES string of the molecule is CC(N)CNc1cc2c(cn1)COCC2. The second kappa shape index (κ2) is 4.59. The molecule has 4 heteroatoms. The zero-order valence-corrected chi connectivity index (χ0v) is 8.99. The smallest absolute Gasteiger partial charge is 0.126 e. The van der Waals surface area contributed by atoms with Crippen molar-refractivity contribution in [3.05, 3.63) is 23.4 Å². The molecule has 0 radical (unpaired) electrons. The minimum Gasteiger partial charge on any atom is -0.376 e.